The molecule has 0 unspecified atom stereocenters. The second-order valence-electron chi connectivity index (χ2n) is 6.63. The summed E-state index contributed by atoms with van der Waals surface area (Å²) in [5.41, 5.74) is 1.51. The van der Waals surface area contributed by atoms with Crippen LogP contribution in [0.5, 0.6) is 11.5 Å². The van der Waals surface area contributed by atoms with Crippen molar-refractivity contribution in [2.75, 3.05) is 32.6 Å². The van der Waals surface area contributed by atoms with Gasteiger partial charge in [-0.1, -0.05) is 6.92 Å². The number of carbonyl (C=O) groups excluding carboxylic acids is 1. The van der Waals surface area contributed by atoms with E-state index in [0.717, 1.165) is 31.2 Å². The number of piperidine rings is 1. The van der Waals surface area contributed by atoms with E-state index in [0.29, 0.717) is 22.2 Å². The summed E-state index contributed by atoms with van der Waals surface area (Å²) in [6.45, 7) is 5.38. The van der Waals surface area contributed by atoms with E-state index in [1.165, 1.54) is 24.2 Å². The molecule has 0 atom stereocenters. The quantitative estimate of drug-likeness (QED) is 0.835. The monoisotopic (exact) mass is 375 g/mol. The molecular weight excluding hydrogens is 350 g/mol. The van der Waals surface area contributed by atoms with Crippen molar-refractivity contribution in [2.45, 2.75) is 26.3 Å². The Morgan fingerprint density at radius 2 is 2.00 bits per heavy atom. The van der Waals surface area contributed by atoms with Crippen molar-refractivity contribution < 1.29 is 14.3 Å². The third-order valence-corrected chi connectivity index (χ3v) is 5.49. The highest BCUT2D eigenvalue weighted by Crippen LogP contribution is 2.28. The Hall–Kier alpha value is -2.12. The second-order valence-corrected chi connectivity index (χ2v) is 7.48. The zero-order valence-corrected chi connectivity index (χ0v) is 16.3. The summed E-state index contributed by atoms with van der Waals surface area (Å²) >= 11 is 1.45. The van der Waals surface area contributed by atoms with E-state index in [9.17, 15) is 4.79 Å². The number of nitrogens with zero attached hydrogens (tertiary/aromatic N) is 2. The van der Waals surface area contributed by atoms with Crippen molar-refractivity contribution in [3.8, 4) is 11.5 Å². The molecule has 1 aliphatic heterocycles. The van der Waals surface area contributed by atoms with E-state index in [1.807, 2.05) is 5.38 Å². The summed E-state index contributed by atoms with van der Waals surface area (Å²) in [4.78, 5) is 19.4. The molecule has 0 saturated carbocycles. The number of benzene rings is 1. The molecule has 0 aliphatic carbocycles. The molecule has 1 aromatic heterocycles. The fourth-order valence-corrected chi connectivity index (χ4v) is 3.73. The average Bonchev–Trinajstić information content (AvgIpc) is 3.09. The lowest BCUT2D eigenvalue weighted by Gasteiger charge is -2.29. The summed E-state index contributed by atoms with van der Waals surface area (Å²) in [5.74, 6) is 1.73. The van der Waals surface area contributed by atoms with Crippen molar-refractivity contribution in [1.29, 1.82) is 0 Å². The first-order valence-electron chi connectivity index (χ1n) is 8.79. The van der Waals surface area contributed by atoms with Crippen LogP contribution in [0.2, 0.25) is 0 Å². The molecule has 1 amide bonds. The van der Waals surface area contributed by atoms with Crippen LogP contribution in [0.25, 0.3) is 0 Å². The number of aromatic nitrogens is 1. The Morgan fingerprint density at radius 1 is 1.27 bits per heavy atom. The van der Waals surface area contributed by atoms with Crippen molar-refractivity contribution in [3.63, 3.8) is 0 Å². The number of amides is 1. The molecule has 2 aromatic rings. The van der Waals surface area contributed by atoms with Gasteiger partial charge < -0.3 is 9.47 Å². The Bertz CT molecular complexity index is 754. The highest BCUT2D eigenvalue weighted by molar-refractivity contribution is 7.13. The lowest BCUT2D eigenvalue weighted by atomic mass is 9.99. The van der Waals surface area contributed by atoms with Gasteiger partial charge in [0.25, 0.3) is 5.91 Å². The number of likely N-dealkylation sites (tertiary alicyclic amines) is 1. The number of rotatable bonds is 6. The smallest absolute Gasteiger partial charge is 0.257 e. The van der Waals surface area contributed by atoms with Crippen molar-refractivity contribution in [2.24, 2.45) is 5.92 Å². The minimum absolute atomic E-state index is 0.210. The predicted octanol–water partition coefficient (Wildman–Crippen LogP) is 3.64. The van der Waals surface area contributed by atoms with Gasteiger partial charge in [-0.3, -0.25) is 15.0 Å². The first kappa shape index (κ1) is 18.7. The normalized spacial score (nSPS) is 15.7. The molecule has 1 aliphatic rings. The van der Waals surface area contributed by atoms with Crippen LogP contribution in [-0.4, -0.2) is 43.1 Å². The number of methoxy groups -OCH3 is 2. The van der Waals surface area contributed by atoms with E-state index >= 15 is 0 Å². The van der Waals surface area contributed by atoms with Gasteiger partial charge in [0.05, 0.1) is 19.9 Å². The van der Waals surface area contributed by atoms with Crippen LogP contribution in [0.1, 0.15) is 35.8 Å². The Morgan fingerprint density at radius 3 is 2.69 bits per heavy atom. The van der Waals surface area contributed by atoms with Crippen molar-refractivity contribution in [3.05, 3.63) is 34.8 Å². The molecule has 6 nitrogen and oxygen atoms in total. The van der Waals surface area contributed by atoms with Gasteiger partial charge >= 0.3 is 0 Å². The summed E-state index contributed by atoms with van der Waals surface area (Å²) in [7, 11) is 3.12. The molecule has 0 bridgehead atoms. The summed E-state index contributed by atoms with van der Waals surface area (Å²) in [6, 6.07) is 5.09. The number of hydrogen-bond donors (Lipinski definition) is 1. The zero-order chi connectivity index (χ0) is 18.5. The summed E-state index contributed by atoms with van der Waals surface area (Å²) in [6.07, 6.45) is 2.49. The van der Waals surface area contributed by atoms with E-state index < -0.39 is 0 Å². The standard InChI is InChI=1S/C19H25N3O3S/c1-13-6-8-22(9-7-13)11-15-12-26-19(20-15)21-18(23)14-4-5-16(24-2)17(10-14)25-3/h4-5,10,12-13H,6-9,11H2,1-3H3,(H,20,21,23). The number of ether oxygens (including phenoxy) is 2. The second kappa shape index (κ2) is 8.51. The average molecular weight is 375 g/mol. The molecule has 7 heteroatoms. The van der Waals surface area contributed by atoms with Crippen LogP contribution >= 0.6 is 11.3 Å². The molecule has 1 saturated heterocycles. The highest BCUT2D eigenvalue weighted by atomic mass is 32.1. The van der Waals surface area contributed by atoms with E-state index in [-0.39, 0.29) is 5.91 Å². The molecule has 0 radical (unpaired) electrons. The molecule has 0 spiro atoms. The summed E-state index contributed by atoms with van der Waals surface area (Å²) in [5, 5.41) is 5.50. The van der Waals surface area contributed by atoms with Crippen LogP contribution in [0.3, 0.4) is 0 Å². The minimum Gasteiger partial charge on any atom is -0.493 e. The third-order valence-electron chi connectivity index (χ3n) is 4.68. The Labute approximate surface area is 158 Å². The molecular formula is C19H25N3O3S. The van der Waals surface area contributed by atoms with Gasteiger partial charge in [-0.05, 0) is 50.0 Å². The van der Waals surface area contributed by atoms with Gasteiger partial charge in [-0.15, -0.1) is 11.3 Å². The van der Waals surface area contributed by atoms with Gasteiger partial charge in [0.2, 0.25) is 0 Å². The lowest BCUT2D eigenvalue weighted by molar-refractivity contribution is 0.102. The lowest BCUT2D eigenvalue weighted by Crippen LogP contribution is -2.32. The van der Waals surface area contributed by atoms with Gasteiger partial charge in [0.1, 0.15) is 0 Å². The van der Waals surface area contributed by atoms with Crippen molar-refractivity contribution >= 4 is 22.4 Å². The van der Waals surface area contributed by atoms with Gasteiger partial charge in [-0.2, -0.15) is 0 Å². The SMILES string of the molecule is COc1ccc(C(=O)Nc2nc(CN3CCC(C)CC3)cs2)cc1OC. The first-order valence-corrected chi connectivity index (χ1v) is 9.67. The molecule has 26 heavy (non-hydrogen) atoms. The summed E-state index contributed by atoms with van der Waals surface area (Å²) < 4.78 is 10.4. The third kappa shape index (κ3) is 4.53. The topological polar surface area (TPSA) is 63.7 Å². The molecule has 2 heterocycles. The number of thiazole rings is 1. The molecule has 1 N–H and O–H groups in total. The molecule has 3 rings (SSSR count). The number of carbonyl (C=O) groups is 1. The maximum absolute atomic E-state index is 12.5. The fraction of sp³-hybridized carbons (Fsp3) is 0.474. The number of anilines is 1. The first-order chi connectivity index (χ1) is 12.6. The van der Waals surface area contributed by atoms with Gasteiger partial charge in [0, 0.05) is 17.5 Å². The number of nitrogens with one attached hydrogen (secondary N) is 1. The minimum atomic E-state index is -0.210. The van der Waals surface area contributed by atoms with Crippen LogP contribution in [0.4, 0.5) is 5.13 Å². The Kier molecular flexibility index (Phi) is 6.11. The predicted molar refractivity (Wildman–Crippen MR) is 103 cm³/mol. The molecule has 1 fully saturated rings. The van der Waals surface area contributed by atoms with Gasteiger partial charge in [0.15, 0.2) is 16.6 Å². The molecule has 140 valence electrons. The largest absolute Gasteiger partial charge is 0.493 e. The molecule has 1 aromatic carbocycles. The van der Waals surface area contributed by atoms with Gasteiger partial charge in [-0.25, -0.2) is 4.98 Å². The van der Waals surface area contributed by atoms with Crippen LogP contribution < -0.4 is 14.8 Å². The highest BCUT2D eigenvalue weighted by Gasteiger charge is 2.17. The van der Waals surface area contributed by atoms with Crippen LogP contribution in [0, 0.1) is 5.92 Å². The Balaban J connectivity index is 1.61. The maximum Gasteiger partial charge on any atom is 0.257 e. The zero-order valence-electron chi connectivity index (χ0n) is 15.4. The van der Waals surface area contributed by atoms with E-state index in [2.05, 4.69) is 22.1 Å². The van der Waals surface area contributed by atoms with Crippen LogP contribution in [0.15, 0.2) is 23.6 Å². The fourth-order valence-electron chi connectivity index (χ4n) is 3.03. The van der Waals surface area contributed by atoms with Crippen molar-refractivity contribution in [1.82, 2.24) is 9.88 Å². The van der Waals surface area contributed by atoms with E-state index in [4.69, 9.17) is 9.47 Å². The van der Waals surface area contributed by atoms with Crippen LogP contribution in [-0.2, 0) is 6.54 Å². The van der Waals surface area contributed by atoms with E-state index in [1.54, 1.807) is 32.4 Å². The maximum atomic E-state index is 12.5. The number of hydrogen-bond acceptors (Lipinski definition) is 6.